The molecule has 0 radical (unpaired) electrons. The number of pyridine rings is 4. The number of aromatic nitrogens is 6. The maximum atomic E-state index is 4.69. The Morgan fingerprint density at radius 1 is 0.760 bits per heavy atom. The molecular weight excluding hydrogens is 312 g/mol. The molecule has 6 heteroatoms. The quantitative estimate of drug-likeness (QED) is 0.510. The zero-order valence-electron chi connectivity index (χ0n) is 13.4. The van der Waals surface area contributed by atoms with E-state index in [0.717, 1.165) is 51.9 Å². The standard InChI is InChI=1S/C19H14N6/c1-3-14-15(20-10-1)9-12-25-19(14)23-18(24-25)8-6-13-5-7-16-17(22-13)4-2-11-21-16/h1-5,7,9-12H,6,8H2. The molecule has 5 aromatic rings. The van der Waals surface area contributed by atoms with Gasteiger partial charge in [0.05, 0.1) is 16.6 Å². The molecule has 0 N–H and O–H groups in total. The average molecular weight is 326 g/mol. The van der Waals surface area contributed by atoms with Crippen LogP contribution in [-0.4, -0.2) is 29.5 Å². The molecule has 0 fully saturated rings. The van der Waals surface area contributed by atoms with E-state index in [-0.39, 0.29) is 0 Å². The third kappa shape index (κ3) is 2.48. The molecule has 0 saturated heterocycles. The molecule has 0 amide bonds. The van der Waals surface area contributed by atoms with E-state index in [2.05, 4.69) is 25.0 Å². The smallest absolute Gasteiger partial charge is 0.164 e. The molecule has 0 aromatic carbocycles. The normalized spacial score (nSPS) is 11.5. The van der Waals surface area contributed by atoms with Crippen molar-refractivity contribution < 1.29 is 0 Å². The lowest BCUT2D eigenvalue weighted by Gasteiger charge is -2.00. The van der Waals surface area contributed by atoms with Crippen molar-refractivity contribution >= 4 is 27.6 Å². The van der Waals surface area contributed by atoms with Crippen molar-refractivity contribution in [3.63, 3.8) is 0 Å². The predicted molar refractivity (Wildman–Crippen MR) is 95.2 cm³/mol. The van der Waals surface area contributed by atoms with Crippen molar-refractivity contribution in [2.24, 2.45) is 0 Å². The molecule has 6 nitrogen and oxygen atoms in total. The summed E-state index contributed by atoms with van der Waals surface area (Å²) in [6.07, 6.45) is 7.00. The van der Waals surface area contributed by atoms with Crippen molar-refractivity contribution in [1.82, 2.24) is 29.5 Å². The maximum absolute atomic E-state index is 4.69. The Kier molecular flexibility index (Phi) is 3.13. The second kappa shape index (κ2) is 5.59. The van der Waals surface area contributed by atoms with Gasteiger partial charge in [0.25, 0.3) is 0 Å². The summed E-state index contributed by atoms with van der Waals surface area (Å²) in [7, 11) is 0. The molecule has 5 aromatic heterocycles. The van der Waals surface area contributed by atoms with Crippen LogP contribution in [0.4, 0.5) is 0 Å². The predicted octanol–water partition coefficient (Wildman–Crippen LogP) is 3.01. The third-order valence-corrected chi connectivity index (χ3v) is 4.25. The Hall–Kier alpha value is -3.41. The molecule has 0 saturated carbocycles. The van der Waals surface area contributed by atoms with Gasteiger partial charge in [-0.15, -0.1) is 0 Å². The summed E-state index contributed by atoms with van der Waals surface area (Å²) in [6, 6.07) is 13.8. The van der Waals surface area contributed by atoms with Gasteiger partial charge in [-0.2, -0.15) is 5.10 Å². The van der Waals surface area contributed by atoms with E-state index in [9.17, 15) is 0 Å². The summed E-state index contributed by atoms with van der Waals surface area (Å²) in [5, 5.41) is 5.59. The largest absolute Gasteiger partial charge is 0.256 e. The van der Waals surface area contributed by atoms with Gasteiger partial charge in [0, 0.05) is 36.1 Å². The molecular formula is C19H14N6. The lowest BCUT2D eigenvalue weighted by atomic mass is 10.2. The van der Waals surface area contributed by atoms with Crippen molar-refractivity contribution in [1.29, 1.82) is 0 Å². The van der Waals surface area contributed by atoms with E-state index in [0.29, 0.717) is 0 Å². The van der Waals surface area contributed by atoms with Crippen LogP contribution in [0.1, 0.15) is 11.5 Å². The molecule has 0 bridgehead atoms. The molecule has 5 rings (SSSR count). The van der Waals surface area contributed by atoms with E-state index in [1.54, 1.807) is 12.4 Å². The highest BCUT2D eigenvalue weighted by Crippen LogP contribution is 2.17. The molecule has 0 aliphatic heterocycles. The molecule has 0 spiro atoms. The van der Waals surface area contributed by atoms with Crippen LogP contribution in [0.25, 0.3) is 27.6 Å². The average Bonchev–Trinajstić information content (AvgIpc) is 3.10. The molecule has 5 heterocycles. The Bertz CT molecular complexity index is 1210. The van der Waals surface area contributed by atoms with Gasteiger partial charge in [0.15, 0.2) is 11.5 Å². The Morgan fingerprint density at radius 2 is 1.64 bits per heavy atom. The first-order chi connectivity index (χ1) is 12.4. The van der Waals surface area contributed by atoms with Gasteiger partial charge >= 0.3 is 0 Å². The third-order valence-electron chi connectivity index (χ3n) is 4.25. The SMILES string of the molecule is c1cnc2ccc(CCc3nc4c5cccnc5ccn4n3)nc2c1. The summed E-state index contributed by atoms with van der Waals surface area (Å²) < 4.78 is 1.82. The summed E-state index contributed by atoms with van der Waals surface area (Å²) in [6.45, 7) is 0. The lowest BCUT2D eigenvalue weighted by molar-refractivity contribution is 0.824. The van der Waals surface area contributed by atoms with Gasteiger partial charge in [0.1, 0.15) is 0 Å². The molecule has 120 valence electrons. The fourth-order valence-electron chi connectivity index (χ4n) is 3.02. The van der Waals surface area contributed by atoms with Crippen LogP contribution in [0, 0.1) is 0 Å². The molecule has 0 aliphatic carbocycles. The first-order valence-electron chi connectivity index (χ1n) is 8.16. The highest BCUT2D eigenvalue weighted by Gasteiger charge is 2.08. The van der Waals surface area contributed by atoms with Crippen LogP contribution in [0.2, 0.25) is 0 Å². The van der Waals surface area contributed by atoms with E-state index in [1.165, 1.54) is 0 Å². The molecule has 0 aliphatic rings. The van der Waals surface area contributed by atoms with Crippen molar-refractivity contribution in [2.75, 3.05) is 0 Å². The maximum Gasteiger partial charge on any atom is 0.164 e. The van der Waals surface area contributed by atoms with Crippen LogP contribution in [0.15, 0.2) is 61.1 Å². The van der Waals surface area contributed by atoms with E-state index < -0.39 is 0 Å². The number of hydrogen-bond acceptors (Lipinski definition) is 5. The van der Waals surface area contributed by atoms with Crippen LogP contribution in [0.3, 0.4) is 0 Å². The molecule has 0 unspecified atom stereocenters. The van der Waals surface area contributed by atoms with Crippen LogP contribution in [0.5, 0.6) is 0 Å². The number of fused-ring (bicyclic) bond motifs is 4. The Morgan fingerprint density at radius 3 is 2.60 bits per heavy atom. The zero-order chi connectivity index (χ0) is 16.6. The van der Waals surface area contributed by atoms with Crippen LogP contribution in [-0.2, 0) is 12.8 Å². The van der Waals surface area contributed by atoms with Gasteiger partial charge < -0.3 is 0 Å². The van der Waals surface area contributed by atoms with Gasteiger partial charge in [-0.05, 0) is 48.9 Å². The topological polar surface area (TPSA) is 68.9 Å². The van der Waals surface area contributed by atoms with Crippen molar-refractivity contribution in [2.45, 2.75) is 12.8 Å². The first-order valence-corrected chi connectivity index (χ1v) is 8.16. The van der Waals surface area contributed by atoms with E-state index >= 15 is 0 Å². The fraction of sp³-hybridized carbons (Fsp3) is 0.105. The van der Waals surface area contributed by atoms with E-state index in [4.69, 9.17) is 0 Å². The summed E-state index contributed by atoms with van der Waals surface area (Å²) >= 11 is 0. The number of hydrogen-bond donors (Lipinski definition) is 0. The van der Waals surface area contributed by atoms with Gasteiger partial charge in [-0.25, -0.2) is 9.50 Å². The highest BCUT2D eigenvalue weighted by atomic mass is 15.3. The van der Waals surface area contributed by atoms with E-state index in [1.807, 2.05) is 53.2 Å². The Labute approximate surface area is 143 Å². The van der Waals surface area contributed by atoms with Crippen LogP contribution < -0.4 is 0 Å². The van der Waals surface area contributed by atoms with Gasteiger partial charge in [-0.1, -0.05) is 0 Å². The number of rotatable bonds is 3. The minimum absolute atomic E-state index is 0.738. The summed E-state index contributed by atoms with van der Waals surface area (Å²) in [5.41, 5.74) is 4.62. The minimum Gasteiger partial charge on any atom is -0.256 e. The van der Waals surface area contributed by atoms with Gasteiger partial charge in [-0.3, -0.25) is 15.0 Å². The second-order valence-corrected chi connectivity index (χ2v) is 5.89. The minimum atomic E-state index is 0.738. The highest BCUT2D eigenvalue weighted by molar-refractivity contribution is 5.90. The van der Waals surface area contributed by atoms with Crippen molar-refractivity contribution in [3.05, 3.63) is 72.6 Å². The number of nitrogens with zero attached hydrogens (tertiary/aromatic N) is 6. The fourth-order valence-corrected chi connectivity index (χ4v) is 3.02. The Balaban J connectivity index is 1.46. The molecule has 25 heavy (non-hydrogen) atoms. The summed E-state index contributed by atoms with van der Waals surface area (Å²) in [5.74, 6) is 0.810. The number of aryl methyl sites for hydroxylation is 2. The van der Waals surface area contributed by atoms with Crippen LogP contribution >= 0.6 is 0 Å². The summed E-state index contributed by atoms with van der Waals surface area (Å²) in [4.78, 5) is 18.0. The zero-order valence-corrected chi connectivity index (χ0v) is 13.4. The first kappa shape index (κ1) is 14.0. The van der Waals surface area contributed by atoms with Crippen molar-refractivity contribution in [3.8, 4) is 0 Å². The second-order valence-electron chi connectivity index (χ2n) is 5.89. The molecule has 0 atom stereocenters. The monoisotopic (exact) mass is 326 g/mol. The van der Waals surface area contributed by atoms with Gasteiger partial charge in [0.2, 0.25) is 0 Å². The lowest BCUT2D eigenvalue weighted by Crippen LogP contribution is -1.97.